The largest absolute Gasteiger partial charge is 0.314 e. The molecule has 106 valence electrons. The van der Waals surface area contributed by atoms with Crippen LogP contribution in [-0.4, -0.2) is 36.6 Å². The predicted octanol–water partition coefficient (Wildman–Crippen LogP) is 3.28. The molecule has 1 aliphatic heterocycles. The van der Waals surface area contributed by atoms with Crippen LogP contribution in [0.2, 0.25) is 0 Å². The van der Waals surface area contributed by atoms with Crippen molar-refractivity contribution in [3.05, 3.63) is 0 Å². The molecule has 0 radical (unpaired) electrons. The van der Waals surface area contributed by atoms with Crippen LogP contribution < -0.4 is 5.32 Å². The van der Waals surface area contributed by atoms with Crippen molar-refractivity contribution in [2.45, 2.75) is 70.9 Å². The van der Waals surface area contributed by atoms with E-state index in [2.05, 4.69) is 38.0 Å². The Morgan fingerprint density at radius 1 is 1.17 bits per heavy atom. The second-order valence-electron chi connectivity index (χ2n) is 7.17. The fourth-order valence-corrected chi connectivity index (χ4v) is 3.77. The number of likely N-dealkylation sites (tertiary alicyclic amines) is 1. The van der Waals surface area contributed by atoms with Gasteiger partial charge in [-0.25, -0.2) is 0 Å². The number of piperidine rings is 1. The van der Waals surface area contributed by atoms with E-state index in [1.54, 1.807) is 0 Å². The van der Waals surface area contributed by atoms with E-state index in [0.717, 1.165) is 17.9 Å². The van der Waals surface area contributed by atoms with Crippen LogP contribution in [0.4, 0.5) is 0 Å². The quantitative estimate of drug-likeness (QED) is 0.829. The molecule has 18 heavy (non-hydrogen) atoms. The molecule has 0 bridgehead atoms. The summed E-state index contributed by atoms with van der Waals surface area (Å²) in [4.78, 5) is 2.79. The highest BCUT2D eigenvalue weighted by atomic mass is 15.2. The van der Waals surface area contributed by atoms with Gasteiger partial charge in [-0.05, 0) is 51.5 Å². The predicted molar refractivity (Wildman–Crippen MR) is 78.9 cm³/mol. The molecule has 1 heterocycles. The highest BCUT2D eigenvalue weighted by molar-refractivity contribution is 4.91. The average molecular weight is 252 g/mol. The van der Waals surface area contributed by atoms with E-state index in [-0.39, 0.29) is 0 Å². The first-order valence-electron chi connectivity index (χ1n) is 7.97. The summed E-state index contributed by atoms with van der Waals surface area (Å²) in [5.74, 6) is 1.85. The molecule has 1 aliphatic carbocycles. The molecular weight excluding hydrogens is 220 g/mol. The first-order chi connectivity index (χ1) is 8.54. The average Bonchev–Trinajstić information content (AvgIpc) is 2.40. The van der Waals surface area contributed by atoms with Gasteiger partial charge in [0.1, 0.15) is 0 Å². The maximum Gasteiger partial charge on any atom is 0.0174 e. The van der Waals surface area contributed by atoms with Gasteiger partial charge in [0, 0.05) is 24.7 Å². The molecule has 1 saturated carbocycles. The van der Waals surface area contributed by atoms with Crippen LogP contribution in [-0.2, 0) is 0 Å². The summed E-state index contributed by atoms with van der Waals surface area (Å²) in [7, 11) is 2.12. The Hall–Kier alpha value is -0.0800. The molecule has 0 aromatic carbocycles. The molecular formula is C16H32N2. The summed E-state index contributed by atoms with van der Waals surface area (Å²) in [6.07, 6.45) is 8.44. The smallest absolute Gasteiger partial charge is 0.0174 e. The highest BCUT2D eigenvalue weighted by Crippen LogP contribution is 2.34. The van der Waals surface area contributed by atoms with Crippen LogP contribution in [0.5, 0.6) is 0 Å². The van der Waals surface area contributed by atoms with Crippen molar-refractivity contribution in [2.24, 2.45) is 11.8 Å². The van der Waals surface area contributed by atoms with E-state index in [1.165, 1.54) is 51.6 Å². The molecule has 2 aliphatic rings. The third-order valence-electron chi connectivity index (χ3n) is 5.65. The van der Waals surface area contributed by atoms with Gasteiger partial charge in [-0.3, -0.25) is 0 Å². The molecule has 0 amide bonds. The molecule has 1 saturated heterocycles. The maximum absolute atomic E-state index is 3.50. The van der Waals surface area contributed by atoms with E-state index in [1.807, 2.05) is 0 Å². The van der Waals surface area contributed by atoms with Crippen molar-refractivity contribution in [1.29, 1.82) is 0 Å². The minimum Gasteiger partial charge on any atom is -0.314 e. The van der Waals surface area contributed by atoms with Crippen LogP contribution in [0, 0.1) is 11.8 Å². The van der Waals surface area contributed by atoms with Crippen molar-refractivity contribution in [2.75, 3.05) is 20.1 Å². The molecule has 2 unspecified atom stereocenters. The van der Waals surface area contributed by atoms with Crippen molar-refractivity contribution in [1.82, 2.24) is 10.2 Å². The van der Waals surface area contributed by atoms with Gasteiger partial charge in [-0.1, -0.05) is 26.7 Å². The lowest BCUT2D eigenvalue weighted by atomic mass is 9.78. The zero-order valence-electron chi connectivity index (χ0n) is 12.8. The summed E-state index contributed by atoms with van der Waals surface area (Å²) in [6.45, 7) is 9.78. The van der Waals surface area contributed by atoms with E-state index in [0.29, 0.717) is 5.54 Å². The zero-order valence-corrected chi connectivity index (χ0v) is 12.8. The fourth-order valence-electron chi connectivity index (χ4n) is 3.77. The normalized spacial score (nSPS) is 33.8. The number of hydrogen-bond donors (Lipinski definition) is 1. The van der Waals surface area contributed by atoms with Crippen LogP contribution in [0.1, 0.15) is 59.3 Å². The SMILES string of the molecule is CNC1(C)CCN(C2CCCC(C(C)C)C2)CC1. The third-order valence-corrected chi connectivity index (χ3v) is 5.65. The minimum absolute atomic E-state index is 0.391. The molecule has 2 fully saturated rings. The Bertz CT molecular complexity index is 254. The van der Waals surface area contributed by atoms with E-state index in [4.69, 9.17) is 0 Å². The van der Waals surface area contributed by atoms with Gasteiger partial charge >= 0.3 is 0 Å². The number of hydrogen-bond acceptors (Lipinski definition) is 2. The summed E-state index contributed by atoms with van der Waals surface area (Å²) < 4.78 is 0. The first-order valence-corrected chi connectivity index (χ1v) is 7.97. The van der Waals surface area contributed by atoms with Gasteiger partial charge in [0.2, 0.25) is 0 Å². The van der Waals surface area contributed by atoms with Gasteiger partial charge in [0.15, 0.2) is 0 Å². The van der Waals surface area contributed by atoms with Gasteiger partial charge < -0.3 is 10.2 Å². The molecule has 0 aromatic rings. The van der Waals surface area contributed by atoms with E-state index >= 15 is 0 Å². The summed E-state index contributed by atoms with van der Waals surface area (Å²) in [6, 6.07) is 0.882. The molecule has 0 spiro atoms. The van der Waals surface area contributed by atoms with Crippen LogP contribution in [0.3, 0.4) is 0 Å². The fraction of sp³-hybridized carbons (Fsp3) is 1.00. The van der Waals surface area contributed by atoms with Gasteiger partial charge in [-0.15, -0.1) is 0 Å². The summed E-state index contributed by atoms with van der Waals surface area (Å²) >= 11 is 0. The molecule has 2 rings (SSSR count). The Morgan fingerprint density at radius 3 is 2.39 bits per heavy atom. The lowest BCUT2D eigenvalue weighted by Crippen LogP contribution is -2.53. The third kappa shape index (κ3) is 3.27. The standard InChI is InChI=1S/C16H32N2/c1-13(2)14-6-5-7-15(12-14)18-10-8-16(3,17-4)9-11-18/h13-15,17H,5-12H2,1-4H3. The Labute approximate surface area is 114 Å². The van der Waals surface area contributed by atoms with Crippen LogP contribution in [0.25, 0.3) is 0 Å². The second-order valence-corrected chi connectivity index (χ2v) is 7.17. The molecule has 2 nitrogen and oxygen atoms in total. The molecule has 0 aromatic heterocycles. The highest BCUT2D eigenvalue weighted by Gasteiger charge is 2.34. The second kappa shape index (κ2) is 5.92. The Balaban J connectivity index is 1.86. The molecule has 1 N–H and O–H groups in total. The van der Waals surface area contributed by atoms with Gasteiger partial charge in [0.05, 0.1) is 0 Å². The van der Waals surface area contributed by atoms with Crippen molar-refractivity contribution >= 4 is 0 Å². The number of rotatable bonds is 3. The van der Waals surface area contributed by atoms with Crippen molar-refractivity contribution in [3.8, 4) is 0 Å². The number of nitrogens with zero attached hydrogens (tertiary/aromatic N) is 1. The zero-order chi connectivity index (χ0) is 13.2. The first kappa shape index (κ1) is 14.3. The summed E-state index contributed by atoms with van der Waals surface area (Å²) in [5.41, 5.74) is 0.391. The molecule has 2 heteroatoms. The van der Waals surface area contributed by atoms with Crippen LogP contribution >= 0.6 is 0 Å². The Kier molecular flexibility index (Phi) is 4.71. The van der Waals surface area contributed by atoms with E-state index < -0.39 is 0 Å². The van der Waals surface area contributed by atoms with E-state index in [9.17, 15) is 0 Å². The van der Waals surface area contributed by atoms with Gasteiger partial charge in [-0.2, -0.15) is 0 Å². The minimum atomic E-state index is 0.391. The van der Waals surface area contributed by atoms with Gasteiger partial charge in [0.25, 0.3) is 0 Å². The maximum atomic E-state index is 3.50. The van der Waals surface area contributed by atoms with Crippen LogP contribution in [0.15, 0.2) is 0 Å². The lowest BCUT2D eigenvalue weighted by molar-refractivity contribution is 0.0676. The Morgan fingerprint density at radius 2 is 1.83 bits per heavy atom. The topological polar surface area (TPSA) is 15.3 Å². The lowest BCUT2D eigenvalue weighted by Gasteiger charge is -2.45. The van der Waals surface area contributed by atoms with Crippen molar-refractivity contribution in [3.63, 3.8) is 0 Å². The monoisotopic (exact) mass is 252 g/mol. The summed E-state index contributed by atoms with van der Waals surface area (Å²) in [5, 5.41) is 3.50. The van der Waals surface area contributed by atoms with Crippen molar-refractivity contribution < 1.29 is 0 Å². The number of nitrogens with one attached hydrogen (secondary N) is 1. The molecule has 2 atom stereocenters.